The highest BCUT2D eigenvalue weighted by atomic mass is 79.9. The summed E-state index contributed by atoms with van der Waals surface area (Å²) in [5.41, 5.74) is 4.18. The molecule has 4 heterocycles. The molecule has 4 heteroatoms. The normalized spacial score (nSPS) is 23.3. The first-order chi connectivity index (χ1) is 8.75. The van der Waals surface area contributed by atoms with E-state index in [9.17, 15) is 0 Å². The Morgan fingerprint density at radius 2 is 2.22 bits per heavy atom. The van der Waals surface area contributed by atoms with Crippen LogP contribution in [-0.2, 0) is 13.5 Å². The second kappa shape index (κ2) is 3.81. The molecular weight excluding hydrogens is 290 g/mol. The first-order valence-corrected chi connectivity index (χ1v) is 7.43. The summed E-state index contributed by atoms with van der Waals surface area (Å²) in [6.07, 6.45) is 3.81. The van der Waals surface area contributed by atoms with Crippen molar-refractivity contribution in [3.05, 3.63) is 28.0 Å². The summed E-state index contributed by atoms with van der Waals surface area (Å²) in [6, 6.07) is 4.93. The van der Waals surface area contributed by atoms with Crippen LogP contribution in [0.1, 0.15) is 30.1 Å². The molecule has 4 rings (SSSR count). The fraction of sp³-hybridized carbons (Fsp3) is 0.500. The van der Waals surface area contributed by atoms with Gasteiger partial charge in [-0.15, -0.1) is 0 Å². The summed E-state index contributed by atoms with van der Waals surface area (Å²) in [5.74, 6) is 0. The van der Waals surface area contributed by atoms with E-state index in [2.05, 4.69) is 49.6 Å². The van der Waals surface area contributed by atoms with E-state index in [-0.39, 0.29) is 0 Å². The third kappa shape index (κ3) is 1.36. The molecule has 0 amide bonds. The maximum atomic E-state index is 4.66. The number of hydrogen-bond acceptors (Lipinski definition) is 2. The summed E-state index contributed by atoms with van der Waals surface area (Å²) in [7, 11) is 2.16. The standard InChI is InChI=1S/C14H16BrN3/c1-17-10-6-8-18-7-2-3-11(18)13(10)9-4-5-12(15)16-14(9)17/h4-5,11H,2-3,6-8H2,1H3. The lowest BCUT2D eigenvalue weighted by Crippen LogP contribution is -2.31. The van der Waals surface area contributed by atoms with Gasteiger partial charge in [0, 0.05) is 37.1 Å². The van der Waals surface area contributed by atoms with Gasteiger partial charge in [-0.1, -0.05) is 0 Å². The molecule has 0 saturated carbocycles. The quantitative estimate of drug-likeness (QED) is 0.698. The molecule has 1 unspecified atom stereocenters. The number of nitrogens with zero attached hydrogens (tertiary/aromatic N) is 3. The van der Waals surface area contributed by atoms with Crippen molar-refractivity contribution in [2.75, 3.05) is 13.1 Å². The van der Waals surface area contributed by atoms with Gasteiger partial charge in [-0.3, -0.25) is 4.90 Å². The number of pyridine rings is 1. The zero-order valence-corrected chi connectivity index (χ0v) is 12.1. The second-order valence-corrected chi connectivity index (χ2v) is 6.18. The number of rotatable bonds is 0. The molecule has 2 aromatic rings. The molecule has 3 nitrogen and oxygen atoms in total. The molecule has 2 aliphatic heterocycles. The molecule has 0 aromatic carbocycles. The molecule has 94 valence electrons. The Morgan fingerprint density at radius 3 is 3.11 bits per heavy atom. The van der Waals surface area contributed by atoms with Crippen LogP contribution in [0.25, 0.3) is 11.0 Å². The third-order valence-electron chi connectivity index (χ3n) is 4.50. The molecule has 18 heavy (non-hydrogen) atoms. The fourth-order valence-electron chi connectivity index (χ4n) is 3.70. The first-order valence-electron chi connectivity index (χ1n) is 6.63. The lowest BCUT2D eigenvalue weighted by Gasteiger charge is -2.30. The summed E-state index contributed by atoms with van der Waals surface area (Å²) in [5, 5.41) is 1.35. The van der Waals surface area contributed by atoms with Crippen LogP contribution in [0, 0.1) is 0 Å². The molecule has 2 aliphatic rings. The Hall–Kier alpha value is -0.870. The lowest BCUT2D eigenvalue weighted by atomic mass is 9.96. The van der Waals surface area contributed by atoms with E-state index in [0.717, 1.165) is 16.7 Å². The van der Waals surface area contributed by atoms with Crippen LogP contribution >= 0.6 is 15.9 Å². The van der Waals surface area contributed by atoms with Crippen LogP contribution in [0.4, 0.5) is 0 Å². The van der Waals surface area contributed by atoms with Gasteiger partial charge in [-0.2, -0.15) is 0 Å². The third-order valence-corrected chi connectivity index (χ3v) is 4.94. The zero-order chi connectivity index (χ0) is 12.3. The van der Waals surface area contributed by atoms with Crippen LogP contribution < -0.4 is 0 Å². The average molecular weight is 306 g/mol. The Bertz CT molecular complexity index is 631. The van der Waals surface area contributed by atoms with Crippen molar-refractivity contribution in [2.45, 2.75) is 25.3 Å². The Kier molecular flexibility index (Phi) is 2.33. The number of aryl methyl sites for hydroxylation is 1. The van der Waals surface area contributed by atoms with Gasteiger partial charge >= 0.3 is 0 Å². The van der Waals surface area contributed by atoms with Gasteiger partial charge in [0.25, 0.3) is 0 Å². The Labute approximate surface area is 115 Å². The number of fused-ring (bicyclic) bond motifs is 5. The lowest BCUT2D eigenvalue weighted by molar-refractivity contribution is 0.242. The molecule has 0 bridgehead atoms. The minimum atomic E-state index is 0.639. The van der Waals surface area contributed by atoms with Crippen molar-refractivity contribution < 1.29 is 0 Å². The summed E-state index contributed by atoms with van der Waals surface area (Å²) in [6.45, 7) is 2.48. The summed E-state index contributed by atoms with van der Waals surface area (Å²) >= 11 is 3.48. The van der Waals surface area contributed by atoms with Crippen molar-refractivity contribution in [3.63, 3.8) is 0 Å². The minimum absolute atomic E-state index is 0.639. The Morgan fingerprint density at radius 1 is 1.33 bits per heavy atom. The second-order valence-electron chi connectivity index (χ2n) is 5.37. The van der Waals surface area contributed by atoms with E-state index in [1.54, 1.807) is 5.56 Å². The molecule has 2 aromatic heterocycles. The van der Waals surface area contributed by atoms with Gasteiger partial charge in [0.15, 0.2) is 0 Å². The molecule has 0 radical (unpaired) electrons. The van der Waals surface area contributed by atoms with E-state index in [0.29, 0.717) is 6.04 Å². The molecule has 1 atom stereocenters. The van der Waals surface area contributed by atoms with Crippen LogP contribution in [0.5, 0.6) is 0 Å². The molecule has 0 spiro atoms. The van der Waals surface area contributed by atoms with Crippen molar-refractivity contribution >= 4 is 27.0 Å². The van der Waals surface area contributed by atoms with Crippen LogP contribution in [-0.4, -0.2) is 27.5 Å². The summed E-state index contributed by atoms with van der Waals surface area (Å²) < 4.78 is 3.22. The molecule has 1 fully saturated rings. The maximum Gasteiger partial charge on any atom is 0.141 e. The molecule has 0 N–H and O–H groups in total. The number of halogens is 1. The van der Waals surface area contributed by atoms with Gasteiger partial charge in [0.2, 0.25) is 0 Å². The van der Waals surface area contributed by atoms with Crippen molar-refractivity contribution in [3.8, 4) is 0 Å². The minimum Gasteiger partial charge on any atom is -0.332 e. The fourth-order valence-corrected chi connectivity index (χ4v) is 4.00. The van der Waals surface area contributed by atoms with E-state index in [4.69, 9.17) is 0 Å². The smallest absolute Gasteiger partial charge is 0.141 e. The molecule has 0 aliphatic carbocycles. The van der Waals surface area contributed by atoms with Gasteiger partial charge < -0.3 is 4.57 Å². The molecule has 1 saturated heterocycles. The van der Waals surface area contributed by atoms with Gasteiger partial charge in [-0.25, -0.2) is 4.98 Å². The maximum absolute atomic E-state index is 4.66. The van der Waals surface area contributed by atoms with Gasteiger partial charge in [-0.05, 0) is 53.0 Å². The van der Waals surface area contributed by atoms with Crippen LogP contribution in [0.15, 0.2) is 16.7 Å². The monoisotopic (exact) mass is 305 g/mol. The van der Waals surface area contributed by atoms with Gasteiger partial charge in [0.05, 0.1) is 0 Å². The highest BCUT2D eigenvalue weighted by Gasteiger charge is 2.34. The van der Waals surface area contributed by atoms with Crippen LogP contribution in [0.2, 0.25) is 0 Å². The zero-order valence-electron chi connectivity index (χ0n) is 10.5. The topological polar surface area (TPSA) is 21.1 Å². The van der Waals surface area contributed by atoms with E-state index >= 15 is 0 Å². The SMILES string of the molecule is Cn1c2c(c3ccc(Br)nc31)C1CCCN1CC2. The number of aromatic nitrogens is 2. The molecular formula is C14H16BrN3. The van der Waals surface area contributed by atoms with E-state index in [1.807, 2.05) is 0 Å². The Balaban J connectivity index is 2.03. The van der Waals surface area contributed by atoms with Gasteiger partial charge in [0.1, 0.15) is 10.3 Å². The van der Waals surface area contributed by atoms with Crippen molar-refractivity contribution in [1.29, 1.82) is 0 Å². The van der Waals surface area contributed by atoms with Crippen molar-refractivity contribution in [2.24, 2.45) is 7.05 Å². The average Bonchev–Trinajstić information content (AvgIpc) is 2.93. The van der Waals surface area contributed by atoms with E-state index in [1.165, 1.54) is 37.0 Å². The first kappa shape index (κ1) is 11.0. The number of hydrogen-bond donors (Lipinski definition) is 0. The highest BCUT2D eigenvalue weighted by Crippen LogP contribution is 2.42. The van der Waals surface area contributed by atoms with E-state index < -0.39 is 0 Å². The largest absolute Gasteiger partial charge is 0.332 e. The predicted octanol–water partition coefficient (Wildman–Crippen LogP) is 3.03. The predicted molar refractivity (Wildman–Crippen MR) is 75.7 cm³/mol. The van der Waals surface area contributed by atoms with Crippen LogP contribution in [0.3, 0.4) is 0 Å². The highest BCUT2D eigenvalue weighted by molar-refractivity contribution is 9.10. The summed E-state index contributed by atoms with van der Waals surface area (Å²) in [4.78, 5) is 7.30. The van der Waals surface area contributed by atoms with Crippen molar-refractivity contribution in [1.82, 2.24) is 14.5 Å².